The van der Waals surface area contributed by atoms with E-state index in [0.29, 0.717) is 41.2 Å². The molecule has 0 bridgehead atoms. The van der Waals surface area contributed by atoms with Crippen molar-refractivity contribution in [3.8, 4) is 11.4 Å². The number of nitrogens with zero attached hydrogens (tertiary/aromatic N) is 9. The molecule has 0 saturated heterocycles. The van der Waals surface area contributed by atoms with Gasteiger partial charge in [-0.05, 0) is 45.8 Å². The van der Waals surface area contributed by atoms with Gasteiger partial charge in [0.15, 0.2) is 5.65 Å². The molecule has 0 spiro atoms. The average molecular weight is 575 g/mol. The van der Waals surface area contributed by atoms with Crippen molar-refractivity contribution in [1.29, 1.82) is 0 Å². The predicted molar refractivity (Wildman–Crippen MR) is 144 cm³/mol. The Morgan fingerprint density at radius 2 is 1.76 bits per heavy atom. The second-order valence-electron chi connectivity index (χ2n) is 9.22. The van der Waals surface area contributed by atoms with Crippen LogP contribution in [0.1, 0.15) is 16.7 Å². The predicted octanol–water partition coefficient (Wildman–Crippen LogP) is 3.57. The zero-order chi connectivity index (χ0) is 29.1. The van der Waals surface area contributed by atoms with Crippen molar-refractivity contribution >= 4 is 16.9 Å². The number of nitrogens with one attached hydrogen (secondary N) is 1. The average Bonchev–Trinajstić information content (AvgIpc) is 3.64. The number of fused-ring (bicyclic) bond motifs is 1. The molecular formula is C27H21F3N10O2. The number of hydrogen-bond donors (Lipinski definition) is 1. The Morgan fingerprint density at radius 3 is 2.50 bits per heavy atom. The van der Waals surface area contributed by atoms with Crippen LogP contribution in [-0.4, -0.2) is 50.9 Å². The first-order chi connectivity index (χ1) is 20.3. The first-order valence-corrected chi connectivity index (χ1v) is 12.6. The fourth-order valence-corrected chi connectivity index (χ4v) is 4.41. The lowest BCUT2D eigenvalue weighted by atomic mass is 10.1. The van der Waals surface area contributed by atoms with Crippen molar-refractivity contribution in [2.45, 2.75) is 26.0 Å². The summed E-state index contributed by atoms with van der Waals surface area (Å²) in [5.41, 5.74) is 3.25. The number of ether oxygens (including phenoxy) is 1. The third kappa shape index (κ3) is 6.09. The summed E-state index contributed by atoms with van der Waals surface area (Å²) in [5, 5.41) is 19.4. The van der Waals surface area contributed by atoms with E-state index in [1.54, 1.807) is 27.7 Å². The summed E-state index contributed by atoms with van der Waals surface area (Å²) in [7, 11) is 0. The molecule has 0 aliphatic carbocycles. The summed E-state index contributed by atoms with van der Waals surface area (Å²) >= 11 is 0. The summed E-state index contributed by atoms with van der Waals surface area (Å²) < 4.78 is 47.3. The van der Waals surface area contributed by atoms with Gasteiger partial charge in [-0.1, -0.05) is 30.3 Å². The molecule has 6 rings (SSSR count). The maximum absolute atomic E-state index is 12.8. The van der Waals surface area contributed by atoms with Crippen molar-refractivity contribution < 1.29 is 17.9 Å². The Hall–Kier alpha value is -5.60. The number of rotatable bonds is 9. The molecule has 6 aromatic rings. The van der Waals surface area contributed by atoms with Gasteiger partial charge in [0, 0.05) is 30.6 Å². The molecule has 212 valence electrons. The number of anilines is 1. The molecule has 0 fully saturated rings. The maximum atomic E-state index is 12.8. The molecule has 15 heteroatoms. The minimum atomic E-state index is -4.84. The molecule has 0 aliphatic heterocycles. The number of alkyl halides is 3. The van der Waals surface area contributed by atoms with Crippen LogP contribution in [0.25, 0.3) is 16.7 Å². The van der Waals surface area contributed by atoms with Gasteiger partial charge in [-0.2, -0.15) is 5.10 Å². The number of tetrazole rings is 1. The Morgan fingerprint density at radius 1 is 0.952 bits per heavy atom. The Kier molecular flexibility index (Phi) is 7.04. The molecule has 0 saturated carbocycles. The van der Waals surface area contributed by atoms with Gasteiger partial charge in [-0.3, -0.25) is 9.48 Å². The van der Waals surface area contributed by atoms with Gasteiger partial charge in [0.25, 0.3) is 5.56 Å². The van der Waals surface area contributed by atoms with Crippen LogP contribution in [0.4, 0.5) is 19.0 Å². The molecule has 0 aliphatic rings. The Balaban J connectivity index is 1.20. The van der Waals surface area contributed by atoms with Crippen LogP contribution in [0.15, 0.2) is 90.5 Å². The third-order valence-corrected chi connectivity index (χ3v) is 6.31. The fraction of sp³-hybridized carbons (Fsp3) is 0.148. The van der Waals surface area contributed by atoms with Crippen molar-refractivity contribution in [3.63, 3.8) is 0 Å². The number of halogens is 3. The lowest BCUT2D eigenvalue weighted by Gasteiger charge is -2.14. The molecule has 0 amide bonds. The summed E-state index contributed by atoms with van der Waals surface area (Å²) in [5.74, 6) is 0.0679. The zero-order valence-electron chi connectivity index (χ0n) is 21.7. The van der Waals surface area contributed by atoms with Gasteiger partial charge in [-0.15, -0.1) is 18.3 Å². The molecule has 2 aromatic carbocycles. The van der Waals surface area contributed by atoms with E-state index in [4.69, 9.17) is 0 Å². The molecule has 4 heterocycles. The van der Waals surface area contributed by atoms with E-state index in [1.165, 1.54) is 41.6 Å². The van der Waals surface area contributed by atoms with Gasteiger partial charge in [0.1, 0.15) is 24.2 Å². The molecule has 42 heavy (non-hydrogen) atoms. The van der Waals surface area contributed by atoms with Crippen LogP contribution >= 0.6 is 0 Å². The van der Waals surface area contributed by atoms with Crippen LogP contribution < -0.4 is 15.6 Å². The topological polar surface area (TPSA) is 130 Å². The van der Waals surface area contributed by atoms with E-state index in [0.717, 1.165) is 11.1 Å². The third-order valence-electron chi connectivity index (χ3n) is 6.31. The van der Waals surface area contributed by atoms with Gasteiger partial charge >= 0.3 is 6.36 Å². The lowest BCUT2D eigenvalue weighted by Crippen LogP contribution is -2.18. The second kappa shape index (κ2) is 11.1. The first-order valence-electron chi connectivity index (χ1n) is 12.6. The summed E-state index contributed by atoms with van der Waals surface area (Å²) in [4.78, 5) is 20.5. The van der Waals surface area contributed by atoms with E-state index < -0.39 is 6.36 Å². The number of aromatic nitrogens is 9. The number of pyridine rings is 1. The zero-order valence-corrected chi connectivity index (χ0v) is 21.7. The minimum Gasteiger partial charge on any atom is -0.406 e. The summed E-state index contributed by atoms with van der Waals surface area (Å²) in [6.07, 6.45) is 1.40. The largest absolute Gasteiger partial charge is 0.573 e. The van der Waals surface area contributed by atoms with Gasteiger partial charge in [-0.25, -0.2) is 14.6 Å². The van der Waals surface area contributed by atoms with Crippen LogP contribution in [0.2, 0.25) is 0 Å². The maximum Gasteiger partial charge on any atom is 0.573 e. The van der Waals surface area contributed by atoms with Gasteiger partial charge in [0.2, 0.25) is 0 Å². The van der Waals surface area contributed by atoms with Crippen molar-refractivity contribution in [1.82, 2.24) is 44.5 Å². The number of benzene rings is 2. The normalized spacial score (nSPS) is 11.6. The van der Waals surface area contributed by atoms with Gasteiger partial charge < -0.3 is 14.6 Å². The van der Waals surface area contributed by atoms with E-state index >= 15 is 0 Å². The van der Waals surface area contributed by atoms with Crippen LogP contribution in [-0.2, 0) is 19.6 Å². The molecular weight excluding hydrogens is 553 g/mol. The molecule has 0 atom stereocenters. The van der Waals surface area contributed by atoms with Crippen molar-refractivity contribution in [2.75, 3.05) is 5.32 Å². The van der Waals surface area contributed by atoms with E-state index in [9.17, 15) is 18.0 Å². The van der Waals surface area contributed by atoms with Crippen molar-refractivity contribution in [2.24, 2.45) is 0 Å². The highest BCUT2D eigenvalue weighted by Gasteiger charge is 2.31. The monoisotopic (exact) mass is 574 g/mol. The van der Waals surface area contributed by atoms with Crippen molar-refractivity contribution in [3.05, 3.63) is 113 Å². The molecule has 0 unspecified atom stereocenters. The van der Waals surface area contributed by atoms with E-state index in [2.05, 4.69) is 40.6 Å². The van der Waals surface area contributed by atoms with Crippen LogP contribution in [0.5, 0.6) is 5.75 Å². The fourth-order valence-electron chi connectivity index (χ4n) is 4.41. The smallest absolute Gasteiger partial charge is 0.406 e. The first kappa shape index (κ1) is 26.6. The molecule has 12 nitrogen and oxygen atoms in total. The van der Waals surface area contributed by atoms with Gasteiger partial charge in [0.05, 0.1) is 24.2 Å². The van der Waals surface area contributed by atoms with Crippen LogP contribution in [0.3, 0.4) is 0 Å². The van der Waals surface area contributed by atoms with Crippen LogP contribution in [0, 0.1) is 0 Å². The highest BCUT2D eigenvalue weighted by molar-refractivity contribution is 5.85. The highest BCUT2D eigenvalue weighted by atomic mass is 19.4. The second-order valence-corrected chi connectivity index (χ2v) is 9.22. The summed E-state index contributed by atoms with van der Waals surface area (Å²) in [6.45, 7) is 1.01. The highest BCUT2D eigenvalue weighted by Crippen LogP contribution is 2.27. The lowest BCUT2D eigenvalue weighted by molar-refractivity contribution is -0.274. The molecule has 1 N–H and O–H groups in total. The Labute approximate surface area is 235 Å². The van der Waals surface area contributed by atoms with E-state index in [-0.39, 0.29) is 17.9 Å². The molecule has 4 aromatic heterocycles. The van der Waals surface area contributed by atoms with E-state index in [1.807, 2.05) is 30.3 Å². The Bertz CT molecular complexity index is 1880. The quantitative estimate of drug-likeness (QED) is 0.275. The minimum absolute atomic E-state index is 0.0655. The summed E-state index contributed by atoms with van der Waals surface area (Å²) in [6, 6.07) is 16.8. The SMILES string of the molecule is O=c1ccccn1Cc1ccc(Cn2cc3c(NCc4cc(OC(F)(F)F)ccc4-n4cnnn4)ncnc3n2)cc1. The standard InChI is InChI=1S/C27H21F3N10O2/c28-27(29,30)42-21-8-9-23(40-17-34-36-37-40)20(11-21)12-31-25-22-15-39(35-26(22)33-16-32-25)14-19-6-4-18(5-7-19)13-38-10-2-1-3-24(38)41/h1-11,15-17H,12-14H2,(H,31,32,33,35). The number of hydrogen-bond acceptors (Lipinski definition) is 9. The molecule has 0 radical (unpaired) electrons.